The Bertz CT molecular complexity index is 1470. The first-order chi connectivity index (χ1) is 22.0. The second-order valence-corrected chi connectivity index (χ2v) is 13.3. The topological polar surface area (TPSA) is 173 Å². The number of carboxylic acids is 1. The fourth-order valence-corrected chi connectivity index (χ4v) is 6.52. The number of thiol groups is 1. The van der Waals surface area contributed by atoms with Crippen molar-refractivity contribution in [1.29, 1.82) is 0 Å². The van der Waals surface area contributed by atoms with Gasteiger partial charge in [0.25, 0.3) is 0 Å². The van der Waals surface area contributed by atoms with E-state index in [0.29, 0.717) is 17.9 Å². The number of aliphatic hydroxyl groups is 1. The molecule has 0 radical (unpaired) electrons. The number of epoxide rings is 1. The Balaban J connectivity index is 1.78. The molecule has 47 heavy (non-hydrogen) atoms. The third-order valence-corrected chi connectivity index (χ3v) is 9.65. The summed E-state index contributed by atoms with van der Waals surface area (Å²) >= 11 is 10.6. The zero-order valence-electron chi connectivity index (χ0n) is 27.0. The van der Waals surface area contributed by atoms with E-state index in [1.807, 2.05) is 13.0 Å². The SMILES string of the molecule is COc1cc2cc(c1Cl)N(C)C(=O)CC(OC(=O)CC(S)C(=O)O)C1(C)OC1C(C)C1CC(O)(NC(=O)O1)C(OC)/C=C/C=C(\C)C2. The van der Waals surface area contributed by atoms with Crippen LogP contribution in [0.2, 0.25) is 5.02 Å². The maximum atomic E-state index is 13.8. The molecule has 3 aliphatic rings. The fraction of sp³-hybridized carbons (Fsp3) is 0.562. The number of fused-ring (bicyclic) bond motifs is 5. The predicted molar refractivity (Wildman–Crippen MR) is 174 cm³/mol. The number of nitrogens with one attached hydrogen (secondary N) is 1. The maximum Gasteiger partial charge on any atom is 0.409 e. The normalized spacial score (nSPS) is 33.7. The van der Waals surface area contributed by atoms with Crippen molar-refractivity contribution in [3.05, 3.63) is 46.5 Å². The molecule has 4 rings (SSSR count). The van der Waals surface area contributed by atoms with Gasteiger partial charge < -0.3 is 38.8 Å². The standard InChI is InChI=1S/C32H41ClN2O11S/c1-16-8-7-9-23(43-6)32(41)15-21(44-30(40)34-32)17(2)28-31(3,46-28)24(45-26(37)13-22(47)29(38)39)14-25(36)35(4)19-11-18(10-16)12-20(42-5)27(19)33/h7-9,11-12,17,21-24,28,41,47H,10,13-15H2,1-6H3,(H,34,40)(H,38,39)/b9-7+,16-8+. The minimum absolute atomic E-state index is 0.0718. The van der Waals surface area contributed by atoms with E-state index < -0.39 is 77.3 Å². The highest BCUT2D eigenvalue weighted by molar-refractivity contribution is 7.81. The van der Waals surface area contributed by atoms with Gasteiger partial charge in [0.1, 0.15) is 39.9 Å². The lowest BCUT2D eigenvalue weighted by Gasteiger charge is -2.42. The van der Waals surface area contributed by atoms with Crippen molar-refractivity contribution in [2.45, 2.75) is 87.4 Å². The van der Waals surface area contributed by atoms with Gasteiger partial charge in [-0.3, -0.25) is 19.7 Å². The van der Waals surface area contributed by atoms with Crippen molar-refractivity contribution in [1.82, 2.24) is 5.32 Å². The van der Waals surface area contributed by atoms with Crippen LogP contribution < -0.4 is 15.0 Å². The van der Waals surface area contributed by atoms with Gasteiger partial charge in [0.2, 0.25) is 5.91 Å². The van der Waals surface area contributed by atoms with Crippen LogP contribution >= 0.6 is 24.2 Å². The number of halogens is 1. The van der Waals surface area contributed by atoms with E-state index in [2.05, 4.69) is 17.9 Å². The van der Waals surface area contributed by atoms with Crippen LogP contribution in [0.3, 0.4) is 0 Å². The molecule has 3 N–H and O–H groups in total. The van der Waals surface area contributed by atoms with E-state index in [-0.39, 0.29) is 17.9 Å². The van der Waals surface area contributed by atoms with Crippen LogP contribution in [0.15, 0.2) is 35.9 Å². The molecule has 0 saturated carbocycles. The van der Waals surface area contributed by atoms with Crippen molar-refractivity contribution >= 4 is 53.9 Å². The Labute approximate surface area is 283 Å². The minimum atomic E-state index is -1.84. The maximum absolute atomic E-state index is 13.8. The van der Waals surface area contributed by atoms with Crippen LogP contribution in [0.5, 0.6) is 5.75 Å². The Morgan fingerprint density at radius 3 is 2.62 bits per heavy atom. The van der Waals surface area contributed by atoms with Crippen LogP contribution in [-0.2, 0) is 39.8 Å². The molecule has 4 bridgehead atoms. The fourth-order valence-electron chi connectivity index (χ4n) is 6.06. The number of hydrogen-bond donors (Lipinski definition) is 4. The molecule has 1 aromatic carbocycles. The van der Waals surface area contributed by atoms with Crippen molar-refractivity contribution in [2.24, 2.45) is 5.92 Å². The third kappa shape index (κ3) is 8.06. The molecule has 0 spiro atoms. The number of methoxy groups -OCH3 is 2. The largest absolute Gasteiger partial charge is 0.495 e. The number of alkyl carbamates (subject to hydrolysis) is 1. The number of hydrogen-bond acceptors (Lipinski definition) is 11. The smallest absolute Gasteiger partial charge is 0.409 e. The number of nitrogens with zero attached hydrogens (tertiary/aromatic N) is 1. The lowest BCUT2D eigenvalue weighted by atomic mass is 9.83. The van der Waals surface area contributed by atoms with Crippen LogP contribution in [0, 0.1) is 5.92 Å². The van der Waals surface area contributed by atoms with E-state index in [1.165, 1.54) is 26.2 Å². The molecule has 13 nitrogen and oxygen atoms in total. The van der Waals surface area contributed by atoms with Gasteiger partial charge in [-0.2, -0.15) is 12.6 Å². The van der Waals surface area contributed by atoms with E-state index in [1.54, 1.807) is 38.1 Å². The number of anilines is 1. The summed E-state index contributed by atoms with van der Waals surface area (Å²) in [6.07, 6.45) is 0.0952. The minimum Gasteiger partial charge on any atom is -0.495 e. The Kier molecular flexibility index (Phi) is 11.2. The summed E-state index contributed by atoms with van der Waals surface area (Å²) in [6, 6.07) is 3.52. The molecule has 0 aliphatic carbocycles. The van der Waals surface area contributed by atoms with Gasteiger partial charge in [-0.05, 0) is 38.0 Å². The summed E-state index contributed by atoms with van der Waals surface area (Å²) in [5.74, 6) is -2.88. The summed E-state index contributed by atoms with van der Waals surface area (Å²) in [7, 11) is 4.41. The third-order valence-electron chi connectivity index (χ3n) is 8.87. The Morgan fingerprint density at radius 2 is 1.98 bits per heavy atom. The number of aliphatic carboxylic acids is 1. The summed E-state index contributed by atoms with van der Waals surface area (Å²) in [5.41, 5.74) is -1.03. The van der Waals surface area contributed by atoms with Crippen LogP contribution in [0.1, 0.15) is 45.6 Å². The quantitative estimate of drug-likeness (QED) is 0.195. The number of carbonyl (C=O) groups excluding carboxylic acids is 3. The average molecular weight is 697 g/mol. The van der Waals surface area contributed by atoms with Crippen molar-refractivity contribution in [3.63, 3.8) is 0 Å². The van der Waals surface area contributed by atoms with E-state index in [0.717, 1.165) is 11.1 Å². The number of benzene rings is 1. The molecule has 2 fully saturated rings. The molecule has 15 heteroatoms. The van der Waals surface area contributed by atoms with Gasteiger partial charge in [-0.25, -0.2) is 4.79 Å². The first-order valence-electron chi connectivity index (χ1n) is 15.0. The lowest BCUT2D eigenvalue weighted by Crippen LogP contribution is -2.63. The highest BCUT2D eigenvalue weighted by Crippen LogP contribution is 2.49. The number of carboxylic acid groups (broad SMARTS) is 1. The zero-order chi connectivity index (χ0) is 34.8. The highest BCUT2D eigenvalue weighted by atomic mass is 35.5. The zero-order valence-corrected chi connectivity index (χ0v) is 28.7. The number of ether oxygens (including phenoxy) is 5. The van der Waals surface area contributed by atoms with Crippen molar-refractivity contribution < 1.29 is 53.1 Å². The van der Waals surface area contributed by atoms with E-state index in [9.17, 15) is 29.4 Å². The number of esters is 1. The second-order valence-electron chi connectivity index (χ2n) is 12.3. The number of carbonyl (C=O) groups is 4. The van der Waals surface area contributed by atoms with Crippen molar-refractivity contribution in [2.75, 3.05) is 26.2 Å². The molecule has 8 unspecified atom stereocenters. The number of rotatable bonds is 6. The lowest BCUT2D eigenvalue weighted by molar-refractivity contribution is -0.155. The predicted octanol–water partition coefficient (Wildman–Crippen LogP) is 3.44. The second kappa shape index (κ2) is 14.4. The van der Waals surface area contributed by atoms with Gasteiger partial charge in [-0.1, -0.05) is 42.3 Å². The highest BCUT2D eigenvalue weighted by Gasteiger charge is 2.64. The molecule has 1 aromatic rings. The van der Waals surface area contributed by atoms with Crippen LogP contribution in [-0.4, -0.2) is 96.4 Å². The van der Waals surface area contributed by atoms with Gasteiger partial charge in [0.15, 0.2) is 5.72 Å². The molecule has 2 saturated heterocycles. The van der Waals surface area contributed by atoms with Crippen LogP contribution in [0.25, 0.3) is 0 Å². The molecule has 0 aromatic heterocycles. The van der Waals surface area contributed by atoms with Crippen molar-refractivity contribution in [3.8, 4) is 5.75 Å². The molecule has 258 valence electrons. The van der Waals surface area contributed by atoms with Gasteiger partial charge in [0, 0.05) is 26.5 Å². The first-order valence-corrected chi connectivity index (χ1v) is 15.9. The van der Waals surface area contributed by atoms with Gasteiger partial charge >= 0.3 is 18.0 Å². The molecular formula is C32H41ClN2O11S. The molecule has 3 heterocycles. The molecule has 3 aliphatic heterocycles. The molecular weight excluding hydrogens is 656 g/mol. The Morgan fingerprint density at radius 1 is 1.28 bits per heavy atom. The summed E-state index contributed by atoms with van der Waals surface area (Å²) < 4.78 is 28.5. The molecule has 2 amide bonds. The number of amides is 2. The summed E-state index contributed by atoms with van der Waals surface area (Å²) in [6.45, 7) is 5.31. The monoisotopic (exact) mass is 696 g/mol. The van der Waals surface area contributed by atoms with E-state index in [4.69, 9.17) is 35.3 Å². The molecule has 8 atom stereocenters. The van der Waals surface area contributed by atoms with Gasteiger partial charge in [0.05, 0.1) is 31.7 Å². The van der Waals surface area contributed by atoms with E-state index >= 15 is 0 Å². The Hall–Kier alpha value is -3.30. The summed E-state index contributed by atoms with van der Waals surface area (Å²) in [4.78, 5) is 52.1. The summed E-state index contributed by atoms with van der Waals surface area (Å²) in [5, 5.41) is 22.2. The van der Waals surface area contributed by atoms with Crippen LogP contribution in [0.4, 0.5) is 10.5 Å². The van der Waals surface area contributed by atoms with Gasteiger partial charge in [-0.15, -0.1) is 0 Å². The first kappa shape index (κ1) is 36.5. The number of allylic oxidation sites excluding steroid dienone is 3. The average Bonchev–Trinajstić information content (AvgIpc) is 3.70.